The quantitative estimate of drug-likeness (QED) is 0.782. The lowest BCUT2D eigenvalue weighted by Crippen LogP contribution is -2.34. The van der Waals surface area contributed by atoms with Gasteiger partial charge in [-0.1, -0.05) is 49.7 Å². The van der Waals surface area contributed by atoms with Crippen LogP contribution in [0.25, 0.3) is 0 Å². The number of benzene rings is 2. The van der Waals surface area contributed by atoms with Gasteiger partial charge >= 0.3 is 0 Å². The van der Waals surface area contributed by atoms with Gasteiger partial charge in [-0.25, -0.2) is 0 Å². The Bertz CT molecular complexity index is 579. The Kier molecular flexibility index (Phi) is 4.28. The van der Waals surface area contributed by atoms with Crippen LogP contribution in [-0.4, -0.2) is 6.04 Å². The fourth-order valence-electron chi connectivity index (χ4n) is 3.33. The molecule has 0 spiro atoms. The van der Waals surface area contributed by atoms with Crippen LogP contribution in [0.1, 0.15) is 48.8 Å². The molecule has 0 amide bonds. The average Bonchev–Trinajstić information content (AvgIpc) is 2.46. The minimum absolute atomic E-state index is 0.631. The van der Waals surface area contributed by atoms with Crippen LogP contribution < -0.4 is 5.32 Å². The second-order valence-corrected chi connectivity index (χ2v) is 6.31. The highest BCUT2D eigenvalue weighted by molar-refractivity contribution is 5.46. The van der Waals surface area contributed by atoms with Gasteiger partial charge in [0.1, 0.15) is 0 Å². The van der Waals surface area contributed by atoms with E-state index in [0.717, 1.165) is 5.92 Å². The van der Waals surface area contributed by atoms with Crippen LogP contribution in [-0.2, 0) is 6.42 Å². The van der Waals surface area contributed by atoms with Crippen molar-refractivity contribution < 1.29 is 0 Å². The van der Waals surface area contributed by atoms with Crippen molar-refractivity contribution in [2.75, 3.05) is 5.32 Å². The zero-order chi connectivity index (χ0) is 14.7. The third kappa shape index (κ3) is 3.29. The van der Waals surface area contributed by atoms with Crippen LogP contribution in [0.15, 0.2) is 48.5 Å². The van der Waals surface area contributed by atoms with Gasteiger partial charge in [-0.15, -0.1) is 0 Å². The summed E-state index contributed by atoms with van der Waals surface area (Å²) < 4.78 is 0. The topological polar surface area (TPSA) is 12.0 Å². The predicted molar refractivity (Wildman–Crippen MR) is 91.0 cm³/mol. The lowest BCUT2D eigenvalue weighted by Gasteiger charge is -2.37. The van der Waals surface area contributed by atoms with Crippen molar-refractivity contribution in [3.05, 3.63) is 65.2 Å². The second kappa shape index (κ2) is 6.34. The Balaban J connectivity index is 1.54. The van der Waals surface area contributed by atoms with E-state index in [2.05, 4.69) is 67.7 Å². The van der Waals surface area contributed by atoms with E-state index >= 15 is 0 Å². The third-order valence-electron chi connectivity index (χ3n) is 4.63. The van der Waals surface area contributed by atoms with Crippen LogP contribution in [0.2, 0.25) is 0 Å². The fraction of sp³-hybridized carbons (Fsp3) is 0.400. The predicted octanol–water partition coefficient (Wildman–Crippen LogP) is 5.31. The van der Waals surface area contributed by atoms with E-state index in [4.69, 9.17) is 0 Å². The van der Waals surface area contributed by atoms with E-state index in [1.165, 1.54) is 48.1 Å². The van der Waals surface area contributed by atoms with Crippen LogP contribution >= 0.6 is 0 Å². The summed E-state index contributed by atoms with van der Waals surface area (Å²) in [5.41, 5.74) is 5.68. The highest BCUT2D eigenvalue weighted by Gasteiger charge is 2.30. The first kappa shape index (κ1) is 14.2. The van der Waals surface area contributed by atoms with Gasteiger partial charge in [0.25, 0.3) is 0 Å². The van der Waals surface area contributed by atoms with Crippen LogP contribution in [0.3, 0.4) is 0 Å². The summed E-state index contributed by atoms with van der Waals surface area (Å²) in [6.07, 6.45) is 4.90. The van der Waals surface area contributed by atoms with E-state index in [1.807, 2.05) is 0 Å². The Hall–Kier alpha value is -1.76. The maximum Gasteiger partial charge on any atom is 0.0342 e. The monoisotopic (exact) mass is 279 g/mol. The highest BCUT2D eigenvalue weighted by atomic mass is 14.9. The molecule has 0 atom stereocenters. The van der Waals surface area contributed by atoms with Crippen LogP contribution in [0.4, 0.5) is 5.69 Å². The lowest BCUT2D eigenvalue weighted by atomic mass is 9.74. The molecule has 1 saturated carbocycles. The Morgan fingerprint density at radius 3 is 2.38 bits per heavy atom. The summed E-state index contributed by atoms with van der Waals surface area (Å²) in [7, 11) is 0. The van der Waals surface area contributed by atoms with E-state index in [0.29, 0.717) is 6.04 Å². The zero-order valence-electron chi connectivity index (χ0n) is 13.1. The molecule has 1 aliphatic carbocycles. The SMILES string of the molecule is CCCc1ccc(NC2CC(c3ccccc3C)C2)cc1. The molecule has 0 unspecified atom stereocenters. The molecule has 0 aromatic heterocycles. The van der Waals surface area contributed by atoms with E-state index in [9.17, 15) is 0 Å². The van der Waals surface area contributed by atoms with Gasteiger partial charge in [0.15, 0.2) is 0 Å². The van der Waals surface area contributed by atoms with Crippen LogP contribution in [0, 0.1) is 6.92 Å². The number of hydrogen-bond donors (Lipinski definition) is 1. The molecule has 0 radical (unpaired) electrons. The van der Waals surface area contributed by atoms with Gasteiger partial charge in [-0.05, 0) is 60.9 Å². The molecule has 21 heavy (non-hydrogen) atoms. The van der Waals surface area contributed by atoms with Crippen molar-refractivity contribution in [3.8, 4) is 0 Å². The molecule has 1 aliphatic rings. The zero-order valence-corrected chi connectivity index (χ0v) is 13.1. The van der Waals surface area contributed by atoms with Crippen molar-refractivity contribution >= 4 is 5.69 Å². The molecule has 2 aromatic rings. The first-order valence-electron chi connectivity index (χ1n) is 8.17. The summed E-state index contributed by atoms with van der Waals surface area (Å²) in [5.74, 6) is 0.739. The first-order chi connectivity index (χ1) is 10.3. The second-order valence-electron chi connectivity index (χ2n) is 6.31. The molecule has 1 nitrogen and oxygen atoms in total. The maximum atomic E-state index is 3.67. The Labute approximate surface area is 128 Å². The fourth-order valence-corrected chi connectivity index (χ4v) is 3.33. The summed E-state index contributed by atoms with van der Waals surface area (Å²) in [5, 5.41) is 3.67. The highest BCUT2D eigenvalue weighted by Crippen LogP contribution is 2.39. The standard InChI is InChI=1S/C20H25N/c1-3-6-16-9-11-18(12-10-16)21-19-13-17(14-19)20-8-5-4-7-15(20)2/h4-5,7-12,17,19,21H,3,6,13-14H2,1-2H3. The number of hydrogen-bond acceptors (Lipinski definition) is 1. The number of anilines is 1. The molecule has 3 rings (SSSR count). The minimum atomic E-state index is 0.631. The average molecular weight is 279 g/mol. The molecule has 0 bridgehead atoms. The van der Waals surface area contributed by atoms with Gasteiger partial charge in [-0.3, -0.25) is 0 Å². The summed E-state index contributed by atoms with van der Waals surface area (Å²) >= 11 is 0. The molecule has 0 saturated heterocycles. The molecular weight excluding hydrogens is 254 g/mol. The number of nitrogens with one attached hydrogen (secondary N) is 1. The van der Waals surface area contributed by atoms with E-state index < -0.39 is 0 Å². The molecule has 110 valence electrons. The molecule has 1 N–H and O–H groups in total. The lowest BCUT2D eigenvalue weighted by molar-refractivity contribution is 0.373. The number of aryl methyl sites for hydroxylation is 2. The van der Waals surface area contributed by atoms with E-state index in [-0.39, 0.29) is 0 Å². The summed E-state index contributed by atoms with van der Waals surface area (Å²) in [4.78, 5) is 0. The van der Waals surface area contributed by atoms with Gasteiger partial charge in [0, 0.05) is 11.7 Å². The van der Waals surface area contributed by atoms with Crippen molar-refractivity contribution in [2.24, 2.45) is 0 Å². The molecular formula is C20H25N. The molecule has 1 heteroatoms. The van der Waals surface area contributed by atoms with Gasteiger partial charge in [0.2, 0.25) is 0 Å². The first-order valence-corrected chi connectivity index (χ1v) is 8.17. The molecule has 1 fully saturated rings. The van der Waals surface area contributed by atoms with Crippen molar-refractivity contribution in [1.82, 2.24) is 0 Å². The largest absolute Gasteiger partial charge is 0.382 e. The van der Waals surface area contributed by atoms with Gasteiger partial charge in [-0.2, -0.15) is 0 Å². The van der Waals surface area contributed by atoms with E-state index in [1.54, 1.807) is 0 Å². The van der Waals surface area contributed by atoms with Crippen molar-refractivity contribution in [1.29, 1.82) is 0 Å². The summed E-state index contributed by atoms with van der Waals surface area (Å²) in [6, 6.07) is 18.4. The smallest absolute Gasteiger partial charge is 0.0342 e. The number of rotatable bonds is 5. The van der Waals surface area contributed by atoms with Crippen molar-refractivity contribution in [3.63, 3.8) is 0 Å². The summed E-state index contributed by atoms with van der Waals surface area (Å²) in [6.45, 7) is 4.45. The Morgan fingerprint density at radius 1 is 1.00 bits per heavy atom. The molecule has 2 aromatic carbocycles. The molecule has 0 aliphatic heterocycles. The molecule has 0 heterocycles. The third-order valence-corrected chi connectivity index (χ3v) is 4.63. The normalized spacial score (nSPS) is 20.9. The maximum absolute atomic E-state index is 3.67. The minimum Gasteiger partial charge on any atom is -0.382 e. The van der Waals surface area contributed by atoms with Crippen LogP contribution in [0.5, 0.6) is 0 Å². The Morgan fingerprint density at radius 2 is 1.71 bits per heavy atom. The van der Waals surface area contributed by atoms with Crippen molar-refractivity contribution in [2.45, 2.75) is 51.5 Å². The van der Waals surface area contributed by atoms with Gasteiger partial charge in [0.05, 0.1) is 0 Å². The van der Waals surface area contributed by atoms with Gasteiger partial charge < -0.3 is 5.32 Å².